The van der Waals surface area contributed by atoms with E-state index in [2.05, 4.69) is 47.2 Å². The fourth-order valence-corrected chi connectivity index (χ4v) is 11.2. The average molecular weight is 1510 g/mol. The molecule has 0 spiro atoms. The summed E-state index contributed by atoms with van der Waals surface area (Å²) in [5.41, 5.74) is 9.34. The van der Waals surface area contributed by atoms with Gasteiger partial charge in [-0.2, -0.15) is 15.3 Å². The lowest BCUT2D eigenvalue weighted by atomic mass is 10.2. The molecule has 15 rings (SSSR count). The van der Waals surface area contributed by atoms with E-state index in [1.165, 1.54) is 55.7 Å². The fraction of sp³-hybridized carbons (Fsp3) is 0.0920. The molecule has 7 amide bonds. The van der Waals surface area contributed by atoms with Gasteiger partial charge in [0.15, 0.2) is 17.1 Å². The van der Waals surface area contributed by atoms with Crippen molar-refractivity contribution in [3.63, 3.8) is 0 Å². The van der Waals surface area contributed by atoms with Gasteiger partial charge in [-0.05, 0) is 151 Å². The first-order valence-corrected chi connectivity index (χ1v) is 35.2. The predicted octanol–water partition coefficient (Wildman–Crippen LogP) is 15.0. The Balaban J connectivity index is 0.000000152. The van der Waals surface area contributed by atoms with Crippen LogP contribution in [0, 0.1) is 41.5 Å². The number of hydrogen-bond acceptors (Lipinski definition) is 16. The highest BCUT2D eigenvalue weighted by Crippen LogP contribution is 2.35. The molecule has 0 fully saturated rings. The molecule has 6 heterocycles. The van der Waals surface area contributed by atoms with Crippen LogP contribution in [0.25, 0.3) is 50.0 Å². The maximum absolute atomic E-state index is 13.2. The molecule has 0 bridgehead atoms. The SMILES string of the molecule is CN(C)C=O.Cc1ccc(NC(=O)c2oc3ccccc3c2NC(=O)c2nn(-c3ccc(C)cc3)ccc2=O)cc1.Cc1ccc(NC(=O)c2oc3ccccc3c2NC(=O)c2nn(-c3ccc(C)cc3)ccc2=O)cc1.Cc1ccc(NC(=O)c2oc3ccccc3c2NC(=O)c2nn(-c3ccc(C)cc3)ccc2=O)cc1. The molecule has 0 aliphatic heterocycles. The van der Waals surface area contributed by atoms with E-state index >= 15 is 0 Å². The molecule has 0 saturated heterocycles. The lowest BCUT2D eigenvalue weighted by molar-refractivity contribution is -0.115. The Kier molecular flexibility index (Phi) is 23.6. The molecule has 0 saturated carbocycles. The second-order valence-electron chi connectivity index (χ2n) is 26.2. The van der Waals surface area contributed by atoms with Crippen molar-refractivity contribution in [3.8, 4) is 17.1 Å². The van der Waals surface area contributed by atoms with E-state index in [0.29, 0.717) is 67.0 Å². The van der Waals surface area contributed by atoms with E-state index in [4.69, 9.17) is 13.3 Å². The Hall–Kier alpha value is -15.5. The summed E-state index contributed by atoms with van der Waals surface area (Å²) in [6.07, 6.45) is 5.24. The number of para-hydroxylation sites is 3. The molecule has 9 aromatic carbocycles. The molecule has 26 nitrogen and oxygen atoms in total. The van der Waals surface area contributed by atoms with Gasteiger partial charge in [-0.3, -0.25) is 47.9 Å². The molecule has 0 atom stereocenters. The van der Waals surface area contributed by atoms with Crippen molar-refractivity contribution in [1.29, 1.82) is 0 Å². The first-order chi connectivity index (χ1) is 54.4. The van der Waals surface area contributed by atoms with Crippen LogP contribution in [0.1, 0.15) is 96.5 Å². The molecular weight excluding hydrogens is 1440 g/mol. The van der Waals surface area contributed by atoms with E-state index in [9.17, 15) is 47.9 Å². The summed E-state index contributed by atoms with van der Waals surface area (Å²) >= 11 is 0. The summed E-state index contributed by atoms with van der Waals surface area (Å²) in [4.78, 5) is 127. The van der Waals surface area contributed by atoms with E-state index in [1.807, 2.05) is 151 Å². The minimum absolute atomic E-state index is 0.0834. The molecule has 0 aliphatic rings. The average Bonchev–Trinajstić information content (AvgIpc) is 1.65. The highest BCUT2D eigenvalue weighted by atomic mass is 16.4. The lowest BCUT2D eigenvalue weighted by Crippen LogP contribution is -2.26. The van der Waals surface area contributed by atoms with Gasteiger partial charge in [-0.1, -0.05) is 143 Å². The van der Waals surface area contributed by atoms with Gasteiger partial charge in [0.05, 0.1) is 17.1 Å². The van der Waals surface area contributed by atoms with Gasteiger partial charge in [-0.25, -0.2) is 14.0 Å². The highest BCUT2D eigenvalue weighted by molar-refractivity contribution is 6.19. The quantitative estimate of drug-likeness (QED) is 0.0490. The van der Waals surface area contributed by atoms with E-state index in [0.717, 1.165) is 39.8 Å². The summed E-state index contributed by atoms with van der Waals surface area (Å²) < 4.78 is 21.8. The zero-order valence-electron chi connectivity index (χ0n) is 62.3. The number of rotatable bonds is 16. The zero-order chi connectivity index (χ0) is 80.0. The minimum Gasteiger partial charge on any atom is -0.449 e. The Morgan fingerprint density at radius 3 is 0.761 bits per heavy atom. The van der Waals surface area contributed by atoms with Crippen LogP contribution < -0.4 is 48.2 Å². The van der Waals surface area contributed by atoms with E-state index < -0.39 is 51.7 Å². The third kappa shape index (κ3) is 18.7. The van der Waals surface area contributed by atoms with Crippen LogP contribution in [0.15, 0.2) is 283 Å². The standard InChI is InChI=1S/3C28H22N4O4.C3H7NO/c3*1-17-7-11-19(12-8-17)29-28(35)26-24(21-5-3-4-6-23(21)36-26)30-27(34)25-22(33)15-16-32(31-25)20-13-9-18(2)10-14-20;1-4(2)3-5/h3*3-16H,1-2H3,(H,29,35)(H,30,34);3H,1-2H3. The third-order valence-corrected chi connectivity index (χ3v) is 17.2. The smallest absolute Gasteiger partial charge is 0.293 e. The Morgan fingerprint density at radius 1 is 0.310 bits per heavy atom. The van der Waals surface area contributed by atoms with Gasteiger partial charge in [0.2, 0.25) is 40.0 Å². The number of amides is 7. The van der Waals surface area contributed by atoms with Gasteiger partial charge >= 0.3 is 0 Å². The molecule has 6 N–H and O–H groups in total. The van der Waals surface area contributed by atoms with Gasteiger partial charge in [0, 0.05) is 84.1 Å². The van der Waals surface area contributed by atoms with Gasteiger partial charge in [0.1, 0.15) is 33.8 Å². The van der Waals surface area contributed by atoms with E-state index in [1.54, 1.807) is 123 Å². The molecular formula is C87H73N13O13. The number of fused-ring (bicyclic) bond motifs is 3. The van der Waals surface area contributed by atoms with Crippen molar-refractivity contribution in [3.05, 3.63) is 354 Å². The van der Waals surface area contributed by atoms with Gasteiger partial charge in [0.25, 0.3) is 35.4 Å². The van der Waals surface area contributed by atoms with Gasteiger partial charge < -0.3 is 50.1 Å². The lowest BCUT2D eigenvalue weighted by Gasteiger charge is -2.09. The Labute approximate surface area is 645 Å². The van der Waals surface area contributed by atoms with Crippen molar-refractivity contribution >= 4 is 109 Å². The van der Waals surface area contributed by atoms with Crippen molar-refractivity contribution < 1.29 is 46.8 Å². The summed E-state index contributed by atoms with van der Waals surface area (Å²) in [5, 5.41) is 30.7. The first kappa shape index (κ1) is 77.2. The zero-order valence-corrected chi connectivity index (χ0v) is 62.3. The molecule has 564 valence electrons. The summed E-state index contributed by atoms with van der Waals surface area (Å²) in [5.74, 6) is -4.12. The monoisotopic (exact) mass is 1510 g/mol. The fourth-order valence-electron chi connectivity index (χ4n) is 11.2. The van der Waals surface area contributed by atoms with Crippen LogP contribution in [0.2, 0.25) is 0 Å². The first-order valence-electron chi connectivity index (χ1n) is 35.2. The number of nitrogens with one attached hydrogen (secondary N) is 6. The van der Waals surface area contributed by atoms with Crippen LogP contribution in [0.5, 0.6) is 0 Å². The molecule has 26 heteroatoms. The van der Waals surface area contributed by atoms with Crippen molar-refractivity contribution in [2.24, 2.45) is 0 Å². The summed E-state index contributed by atoms with van der Waals surface area (Å²) in [6, 6.07) is 69.0. The van der Waals surface area contributed by atoms with Crippen LogP contribution >= 0.6 is 0 Å². The van der Waals surface area contributed by atoms with Crippen LogP contribution in [0.3, 0.4) is 0 Å². The number of aromatic nitrogens is 6. The van der Waals surface area contributed by atoms with Crippen LogP contribution in [-0.4, -0.2) is 90.2 Å². The topological polar surface area (TPSA) is 339 Å². The second kappa shape index (κ2) is 34.6. The predicted molar refractivity (Wildman–Crippen MR) is 433 cm³/mol. The molecule has 6 aromatic heterocycles. The molecule has 0 aliphatic carbocycles. The number of nitrogens with zero attached hydrogens (tertiary/aromatic N) is 7. The number of carbonyl (C=O) groups is 7. The number of benzene rings is 9. The van der Waals surface area contributed by atoms with E-state index in [-0.39, 0.29) is 51.4 Å². The molecule has 0 radical (unpaired) electrons. The summed E-state index contributed by atoms with van der Waals surface area (Å²) in [7, 11) is 3.38. The largest absolute Gasteiger partial charge is 0.449 e. The maximum Gasteiger partial charge on any atom is 0.293 e. The number of aryl methyl sites for hydroxylation is 6. The Morgan fingerprint density at radius 2 is 0.531 bits per heavy atom. The molecule has 15 aromatic rings. The van der Waals surface area contributed by atoms with Crippen molar-refractivity contribution in [2.75, 3.05) is 46.0 Å². The number of carbonyl (C=O) groups excluding carboxylic acids is 7. The van der Waals surface area contributed by atoms with Crippen molar-refractivity contribution in [2.45, 2.75) is 41.5 Å². The molecule has 0 unspecified atom stereocenters. The number of hydrogen-bond donors (Lipinski definition) is 6. The van der Waals surface area contributed by atoms with Crippen LogP contribution in [0.4, 0.5) is 34.1 Å². The third-order valence-electron chi connectivity index (χ3n) is 17.2. The van der Waals surface area contributed by atoms with Crippen molar-refractivity contribution in [1.82, 2.24) is 34.2 Å². The minimum atomic E-state index is -0.752. The highest BCUT2D eigenvalue weighted by Gasteiger charge is 2.29. The van der Waals surface area contributed by atoms with Crippen LogP contribution in [-0.2, 0) is 4.79 Å². The molecule has 113 heavy (non-hydrogen) atoms. The number of furan rings is 3. The number of anilines is 6. The summed E-state index contributed by atoms with van der Waals surface area (Å²) in [6.45, 7) is 11.7. The maximum atomic E-state index is 13.2. The second-order valence-corrected chi connectivity index (χ2v) is 26.2. The Bertz CT molecular complexity index is 5660. The van der Waals surface area contributed by atoms with Gasteiger partial charge in [-0.15, -0.1) is 0 Å². The normalized spacial score (nSPS) is 10.7.